The Morgan fingerprint density at radius 1 is 0.424 bits per heavy atom. The molecule has 0 nitrogen and oxygen atoms in total. The molecule has 0 aliphatic heterocycles. The highest BCUT2D eigenvalue weighted by atomic mass is 127. The first-order valence-electron chi connectivity index (χ1n) is 21.2. The van der Waals surface area contributed by atoms with Gasteiger partial charge in [-0.05, 0) is 124 Å². The summed E-state index contributed by atoms with van der Waals surface area (Å²) in [5.41, 5.74) is 12.5. The van der Waals surface area contributed by atoms with E-state index in [0.717, 1.165) is 6.42 Å². The molecule has 0 N–H and O–H groups in total. The van der Waals surface area contributed by atoms with Gasteiger partial charge in [0, 0.05) is 0 Å². The number of halogens is 1. The largest absolute Gasteiger partial charge is 0.103 e. The van der Waals surface area contributed by atoms with Crippen LogP contribution in [-0.2, 0) is 6.42 Å². The normalized spacial score (nSPS) is 10.3. The summed E-state index contributed by atoms with van der Waals surface area (Å²) in [5, 5.41) is 10.1. The minimum atomic E-state index is 0.823. The molecule has 0 saturated heterocycles. The number of alkyl halides is 1. The van der Waals surface area contributed by atoms with Gasteiger partial charge in [-0.25, -0.2) is 0 Å². The van der Waals surface area contributed by atoms with Crippen LogP contribution in [0.2, 0.25) is 0 Å². The van der Waals surface area contributed by atoms with E-state index in [1.54, 1.807) is 0 Å². The van der Waals surface area contributed by atoms with E-state index in [2.05, 4.69) is 220 Å². The monoisotopic (exact) mass is 882 g/mol. The van der Waals surface area contributed by atoms with Crippen molar-refractivity contribution in [2.24, 2.45) is 0 Å². The molecule has 0 unspecified atom stereocenters. The molecule has 0 amide bonds. The molecule has 0 aliphatic carbocycles. The fraction of sp³-hybridized carbons (Fsp3) is 0.172. The highest BCUT2D eigenvalue weighted by molar-refractivity contribution is 14.1. The van der Waals surface area contributed by atoms with Gasteiger partial charge in [0.05, 0.1) is 0 Å². The third-order valence-corrected chi connectivity index (χ3v) is 10.2. The van der Waals surface area contributed by atoms with Crippen molar-refractivity contribution in [1.29, 1.82) is 0 Å². The van der Waals surface area contributed by atoms with Crippen LogP contribution in [0.5, 0.6) is 0 Å². The van der Waals surface area contributed by atoms with E-state index in [0.29, 0.717) is 0 Å². The molecule has 0 bridgehead atoms. The summed E-state index contributed by atoms with van der Waals surface area (Å²) in [4.78, 5) is 1.97. The van der Waals surface area contributed by atoms with Gasteiger partial charge in [0.1, 0.15) is 0 Å². The van der Waals surface area contributed by atoms with Gasteiger partial charge in [-0.2, -0.15) is 0 Å². The van der Waals surface area contributed by atoms with E-state index in [1.165, 1.54) is 105 Å². The van der Waals surface area contributed by atoms with E-state index < -0.39 is 0 Å². The first kappa shape index (κ1) is 44.6. The Balaban J connectivity index is 0.000000686. The van der Waals surface area contributed by atoms with Crippen molar-refractivity contribution in [2.75, 3.05) is 4.93 Å². The predicted molar refractivity (Wildman–Crippen MR) is 275 cm³/mol. The standard InChI is InChI=1S/C50H36.C3H8.2C2H6.CH3I/c1-3-12-34-26-28-46-48(30-34)50(40-20-9-18-38(32-40)44-24-11-16-36-14-5-7-22-42(36)44)45-27-25-33(2)29-47(45)49(46)39-19-8-17-37(31-39)43-23-10-15-35-13-4-6-21-41(35)43;1-3-2;3*1-2/h3-11,13-32H,1,12H2,2H3;3H2,1-2H3;2*1-2H3;1H3. The van der Waals surface area contributed by atoms with Crippen molar-refractivity contribution in [3.63, 3.8) is 0 Å². The van der Waals surface area contributed by atoms with Gasteiger partial charge in [-0.1, -0.05) is 240 Å². The molecule has 298 valence electrons. The lowest BCUT2D eigenvalue weighted by Crippen LogP contribution is -1.94. The van der Waals surface area contributed by atoms with Crippen molar-refractivity contribution in [3.05, 3.63) is 194 Å². The van der Waals surface area contributed by atoms with Crippen LogP contribution in [0.4, 0.5) is 0 Å². The lowest BCUT2D eigenvalue weighted by atomic mass is 9.83. The topological polar surface area (TPSA) is 0 Å². The summed E-state index contributed by atoms with van der Waals surface area (Å²) in [6.45, 7) is 18.5. The van der Waals surface area contributed by atoms with E-state index >= 15 is 0 Å². The van der Waals surface area contributed by atoms with Crippen LogP contribution >= 0.6 is 22.6 Å². The maximum absolute atomic E-state index is 4.07. The summed E-state index contributed by atoms with van der Waals surface area (Å²) < 4.78 is 0. The lowest BCUT2D eigenvalue weighted by Gasteiger charge is -2.20. The number of hydrogen-bond donors (Lipinski definition) is 0. The quantitative estimate of drug-likeness (QED) is 0.0676. The summed E-state index contributed by atoms with van der Waals surface area (Å²) in [6, 6.07) is 62.8. The highest BCUT2D eigenvalue weighted by Crippen LogP contribution is 2.46. The second kappa shape index (κ2) is 22.0. The first-order valence-corrected chi connectivity index (χ1v) is 23.4. The highest BCUT2D eigenvalue weighted by Gasteiger charge is 2.19. The molecule has 0 heterocycles. The number of fused-ring (bicyclic) bond motifs is 4. The third-order valence-electron chi connectivity index (χ3n) is 10.2. The number of hydrogen-bond acceptors (Lipinski definition) is 0. The summed E-state index contributed by atoms with van der Waals surface area (Å²) in [6.07, 6.45) is 4.07. The van der Waals surface area contributed by atoms with Crippen LogP contribution in [-0.4, -0.2) is 4.93 Å². The first-order chi connectivity index (χ1) is 29.1. The zero-order valence-electron chi connectivity index (χ0n) is 36.2. The molecule has 9 aromatic rings. The minimum Gasteiger partial charge on any atom is -0.103 e. The fourth-order valence-electron chi connectivity index (χ4n) is 7.94. The summed E-state index contributed by atoms with van der Waals surface area (Å²) in [5.74, 6) is 0. The maximum atomic E-state index is 4.07. The molecule has 0 spiro atoms. The zero-order valence-corrected chi connectivity index (χ0v) is 38.4. The van der Waals surface area contributed by atoms with Crippen LogP contribution in [0.3, 0.4) is 0 Å². The van der Waals surface area contributed by atoms with Gasteiger partial charge in [-0.15, -0.1) is 6.58 Å². The Hall–Kier alpha value is -5.51. The number of benzene rings is 9. The van der Waals surface area contributed by atoms with Gasteiger partial charge in [0.15, 0.2) is 0 Å². The van der Waals surface area contributed by atoms with Crippen LogP contribution in [0.1, 0.15) is 59.1 Å². The van der Waals surface area contributed by atoms with Crippen molar-refractivity contribution in [1.82, 2.24) is 0 Å². The fourth-order valence-corrected chi connectivity index (χ4v) is 7.94. The van der Waals surface area contributed by atoms with Crippen LogP contribution in [0.25, 0.3) is 87.6 Å². The van der Waals surface area contributed by atoms with Crippen LogP contribution < -0.4 is 0 Å². The molecule has 0 aromatic heterocycles. The van der Waals surface area contributed by atoms with E-state index in [-0.39, 0.29) is 0 Å². The van der Waals surface area contributed by atoms with E-state index in [9.17, 15) is 0 Å². The number of allylic oxidation sites excluding steroid dienone is 1. The molecular formula is C58H59I. The van der Waals surface area contributed by atoms with Gasteiger partial charge < -0.3 is 0 Å². The Kier molecular flexibility index (Phi) is 16.6. The molecule has 0 atom stereocenters. The van der Waals surface area contributed by atoms with Crippen LogP contribution in [0, 0.1) is 6.92 Å². The molecule has 59 heavy (non-hydrogen) atoms. The molecular weight excluding hydrogens is 824 g/mol. The maximum Gasteiger partial charge on any atom is -0.00260 e. The van der Waals surface area contributed by atoms with Crippen molar-refractivity contribution in [2.45, 2.75) is 61.3 Å². The van der Waals surface area contributed by atoms with E-state index in [4.69, 9.17) is 0 Å². The van der Waals surface area contributed by atoms with Crippen molar-refractivity contribution >= 4 is 65.7 Å². The molecule has 0 saturated carbocycles. The number of aryl methyl sites for hydroxylation is 1. The van der Waals surface area contributed by atoms with Crippen molar-refractivity contribution < 1.29 is 0 Å². The molecule has 9 rings (SSSR count). The number of rotatable bonds is 6. The smallest absolute Gasteiger partial charge is 0.00260 e. The van der Waals surface area contributed by atoms with E-state index in [1.807, 2.05) is 38.7 Å². The Morgan fingerprint density at radius 2 is 0.831 bits per heavy atom. The third kappa shape index (κ3) is 9.69. The minimum absolute atomic E-state index is 0.823. The van der Waals surface area contributed by atoms with Crippen LogP contribution in [0.15, 0.2) is 183 Å². The van der Waals surface area contributed by atoms with Crippen molar-refractivity contribution in [3.8, 4) is 44.5 Å². The SMILES string of the molecule is C=CCc1ccc2c(-c3cccc(-c4cccc5ccccc45)c3)c3cc(C)ccc3c(-c3cccc(-c4cccc5ccccc45)c3)c2c1.CC.CC.CCC.CI. The second-order valence-corrected chi connectivity index (χ2v) is 14.1. The lowest BCUT2D eigenvalue weighted by molar-refractivity contribution is 1.09. The average molecular weight is 883 g/mol. The Bertz CT molecular complexity index is 2780. The summed E-state index contributed by atoms with van der Waals surface area (Å²) in [7, 11) is 0. The van der Waals surface area contributed by atoms with Gasteiger partial charge >= 0.3 is 0 Å². The predicted octanol–water partition coefficient (Wildman–Crippen LogP) is 18.5. The Morgan fingerprint density at radius 3 is 1.32 bits per heavy atom. The molecule has 1 heteroatoms. The molecule has 0 radical (unpaired) electrons. The Labute approximate surface area is 367 Å². The second-order valence-electron chi connectivity index (χ2n) is 14.1. The molecule has 9 aromatic carbocycles. The van der Waals surface area contributed by atoms with Gasteiger partial charge in [0.2, 0.25) is 0 Å². The van der Waals surface area contributed by atoms with Gasteiger partial charge in [0.25, 0.3) is 0 Å². The zero-order chi connectivity index (χ0) is 42.3. The van der Waals surface area contributed by atoms with Gasteiger partial charge in [-0.3, -0.25) is 0 Å². The average Bonchev–Trinajstić information content (AvgIpc) is 3.30. The molecule has 0 fully saturated rings. The molecule has 0 aliphatic rings. The summed E-state index contributed by atoms with van der Waals surface area (Å²) >= 11 is 2.15.